The fourth-order valence-corrected chi connectivity index (χ4v) is 3.63. The molecule has 1 aromatic carbocycles. The number of primary amides is 1. The number of anilines is 1. The van der Waals surface area contributed by atoms with E-state index in [1.807, 2.05) is 0 Å². The molecule has 7 nitrogen and oxygen atoms in total. The molecule has 3 rings (SSSR count). The smallest absolute Gasteiger partial charge is 0.366 e. The highest BCUT2D eigenvalue weighted by Gasteiger charge is 2.41. The lowest BCUT2D eigenvalue weighted by Gasteiger charge is -2.40. The first-order chi connectivity index (χ1) is 15.9. The molecule has 0 radical (unpaired) electrons. The molecular weight excluding hydrogens is 480 g/mol. The maximum atomic E-state index is 14.4. The van der Waals surface area contributed by atoms with Gasteiger partial charge in [-0.25, -0.2) is 9.37 Å². The molecule has 1 aromatic heterocycles. The zero-order valence-electron chi connectivity index (χ0n) is 17.6. The van der Waals surface area contributed by atoms with Crippen LogP contribution in [0, 0.1) is 5.82 Å². The van der Waals surface area contributed by atoms with E-state index in [2.05, 4.69) is 11.6 Å². The largest absolute Gasteiger partial charge is 0.416 e. The third-order valence-electron chi connectivity index (χ3n) is 5.29. The van der Waals surface area contributed by atoms with Crippen molar-refractivity contribution in [2.45, 2.75) is 31.6 Å². The molecule has 180 valence electrons. The number of hydrogen-bond donors (Lipinski definition) is 1. The van der Waals surface area contributed by atoms with Gasteiger partial charge in [-0.15, -0.1) is 0 Å². The normalized spacial score (nSPS) is 16.7. The maximum absolute atomic E-state index is 14.4. The van der Waals surface area contributed by atoms with Crippen molar-refractivity contribution in [3.8, 4) is 0 Å². The minimum absolute atomic E-state index is 0.00438. The second kappa shape index (κ2) is 9.80. The Morgan fingerprint density at radius 2 is 1.88 bits per heavy atom. The fourth-order valence-electron chi connectivity index (χ4n) is 3.48. The number of alkyl halides is 3. The summed E-state index contributed by atoms with van der Waals surface area (Å²) >= 11 is 5.71. The molecule has 0 unspecified atom stereocenters. The first-order valence-electron chi connectivity index (χ1n) is 9.94. The van der Waals surface area contributed by atoms with Crippen LogP contribution in [0.25, 0.3) is 0 Å². The van der Waals surface area contributed by atoms with Gasteiger partial charge in [-0.3, -0.25) is 19.3 Å². The van der Waals surface area contributed by atoms with Crippen molar-refractivity contribution >= 4 is 35.1 Å². The summed E-state index contributed by atoms with van der Waals surface area (Å²) in [6.07, 6.45) is -3.51. The van der Waals surface area contributed by atoms with Gasteiger partial charge in [0, 0.05) is 18.3 Å². The van der Waals surface area contributed by atoms with Gasteiger partial charge in [0.05, 0.1) is 10.6 Å². The lowest BCUT2D eigenvalue weighted by atomic mass is 10.00. The highest BCUT2D eigenvalue weighted by atomic mass is 35.5. The van der Waals surface area contributed by atoms with E-state index in [1.54, 1.807) is 0 Å². The summed E-state index contributed by atoms with van der Waals surface area (Å²) in [7, 11) is 0. The minimum Gasteiger partial charge on any atom is -0.366 e. The molecule has 1 aliphatic heterocycles. The summed E-state index contributed by atoms with van der Waals surface area (Å²) in [4.78, 5) is 43.5. The van der Waals surface area contributed by atoms with Gasteiger partial charge in [0.1, 0.15) is 12.6 Å². The van der Waals surface area contributed by atoms with Crippen molar-refractivity contribution in [2.75, 3.05) is 11.4 Å². The van der Waals surface area contributed by atoms with Gasteiger partial charge in [0.15, 0.2) is 11.6 Å². The quantitative estimate of drug-likeness (QED) is 0.467. The molecule has 0 aliphatic carbocycles. The van der Waals surface area contributed by atoms with Gasteiger partial charge in [-0.05, 0) is 36.6 Å². The van der Waals surface area contributed by atoms with Crippen LogP contribution < -0.4 is 10.6 Å². The molecule has 12 heteroatoms. The number of halogens is 5. The topological polar surface area (TPSA) is 96.6 Å². The van der Waals surface area contributed by atoms with Gasteiger partial charge in [-0.1, -0.05) is 30.3 Å². The Bertz CT molecular complexity index is 1140. The Labute approximate surface area is 196 Å². The van der Waals surface area contributed by atoms with Crippen LogP contribution in [-0.2, 0) is 27.1 Å². The number of aromatic nitrogens is 1. The molecule has 1 aliphatic rings. The van der Waals surface area contributed by atoms with Crippen LogP contribution in [0.5, 0.6) is 0 Å². The van der Waals surface area contributed by atoms with Gasteiger partial charge in [0.2, 0.25) is 11.8 Å². The highest BCUT2D eigenvalue weighted by Crippen LogP contribution is 2.30. The Kier molecular flexibility index (Phi) is 7.25. The van der Waals surface area contributed by atoms with Crippen LogP contribution >= 0.6 is 11.6 Å². The molecule has 2 heterocycles. The van der Waals surface area contributed by atoms with E-state index in [9.17, 15) is 31.9 Å². The van der Waals surface area contributed by atoms with Crippen LogP contribution in [-0.4, -0.2) is 40.2 Å². The van der Waals surface area contributed by atoms with E-state index >= 15 is 0 Å². The van der Waals surface area contributed by atoms with Crippen LogP contribution in [0.4, 0.5) is 23.4 Å². The zero-order chi connectivity index (χ0) is 25.2. The summed E-state index contributed by atoms with van der Waals surface area (Å²) in [5.41, 5.74) is 4.70. The van der Waals surface area contributed by atoms with Gasteiger partial charge in [0.25, 0.3) is 5.91 Å². The number of pyridine rings is 1. The predicted molar refractivity (Wildman–Crippen MR) is 115 cm³/mol. The van der Waals surface area contributed by atoms with E-state index in [0.717, 1.165) is 29.3 Å². The molecule has 2 N–H and O–H groups in total. The third-order valence-corrected chi connectivity index (χ3v) is 5.49. The summed E-state index contributed by atoms with van der Waals surface area (Å²) in [6.45, 7) is 2.81. The number of benzene rings is 1. The number of nitrogens with two attached hydrogens (primary N) is 1. The lowest BCUT2D eigenvalue weighted by molar-refractivity contribution is -0.144. The van der Waals surface area contributed by atoms with E-state index in [0.29, 0.717) is 5.56 Å². The van der Waals surface area contributed by atoms with Crippen molar-refractivity contribution in [1.29, 1.82) is 0 Å². The van der Waals surface area contributed by atoms with Crippen molar-refractivity contribution in [3.63, 3.8) is 0 Å². The summed E-state index contributed by atoms with van der Waals surface area (Å²) in [5.74, 6) is -3.37. The standard InChI is InChI=1S/C22H19ClF4N4O3/c1-12(19(28)33)2-7-17-21(34)31(20-16(24)8-15(23)9-29-20)11-18(32)30(17)10-13-3-5-14(6-4-13)22(25,26)27/h3-6,8-9,17H,1-2,7,10-11H2,(H2,28,33)/t17-/m0/s1. The minimum atomic E-state index is -4.52. The molecule has 1 atom stereocenters. The Hall–Kier alpha value is -3.47. The zero-order valence-corrected chi connectivity index (χ0v) is 18.4. The average Bonchev–Trinajstić information content (AvgIpc) is 2.75. The van der Waals surface area contributed by atoms with Crippen molar-refractivity contribution < 1.29 is 31.9 Å². The van der Waals surface area contributed by atoms with E-state index < -0.39 is 53.7 Å². The number of nitrogens with zero attached hydrogens (tertiary/aromatic N) is 3. The van der Waals surface area contributed by atoms with Crippen molar-refractivity contribution in [1.82, 2.24) is 9.88 Å². The number of rotatable bonds is 7. The third kappa shape index (κ3) is 5.53. The van der Waals surface area contributed by atoms with Crippen LogP contribution in [0.3, 0.4) is 0 Å². The molecule has 0 saturated carbocycles. The Morgan fingerprint density at radius 1 is 1.24 bits per heavy atom. The fraction of sp³-hybridized carbons (Fsp3) is 0.273. The second-order valence-corrected chi connectivity index (χ2v) is 8.06. The number of carbonyl (C=O) groups excluding carboxylic acids is 3. The van der Waals surface area contributed by atoms with Gasteiger partial charge >= 0.3 is 6.18 Å². The van der Waals surface area contributed by atoms with E-state index in [4.69, 9.17) is 17.3 Å². The Balaban J connectivity index is 1.91. The first-order valence-corrected chi connectivity index (χ1v) is 10.3. The lowest BCUT2D eigenvalue weighted by Crippen LogP contribution is -2.60. The number of piperazine rings is 1. The predicted octanol–water partition coefficient (Wildman–Crippen LogP) is 3.46. The summed E-state index contributed by atoms with van der Waals surface area (Å²) in [6, 6.07) is 3.92. The average molecular weight is 499 g/mol. The number of carbonyl (C=O) groups is 3. The van der Waals surface area contributed by atoms with E-state index in [-0.39, 0.29) is 30.0 Å². The van der Waals surface area contributed by atoms with Gasteiger partial charge < -0.3 is 10.6 Å². The first kappa shape index (κ1) is 25.2. The van der Waals surface area contributed by atoms with Gasteiger partial charge in [-0.2, -0.15) is 13.2 Å². The van der Waals surface area contributed by atoms with Crippen LogP contribution in [0.1, 0.15) is 24.0 Å². The van der Waals surface area contributed by atoms with Crippen molar-refractivity contribution in [2.24, 2.45) is 5.73 Å². The number of amides is 3. The summed E-state index contributed by atoms with van der Waals surface area (Å²) in [5, 5.41) is -0.00438. The van der Waals surface area contributed by atoms with Crippen LogP contribution in [0.2, 0.25) is 5.02 Å². The molecule has 0 bridgehead atoms. The summed E-state index contributed by atoms with van der Waals surface area (Å²) < 4.78 is 53.0. The molecule has 0 spiro atoms. The maximum Gasteiger partial charge on any atom is 0.416 e. The van der Waals surface area contributed by atoms with Crippen LogP contribution in [0.15, 0.2) is 48.7 Å². The SMILES string of the molecule is C=C(CC[C@H]1C(=O)N(c2ncc(Cl)cc2F)CC(=O)N1Cc1ccc(C(F)(F)F)cc1)C(N)=O. The Morgan fingerprint density at radius 3 is 2.44 bits per heavy atom. The molecule has 34 heavy (non-hydrogen) atoms. The molecule has 1 saturated heterocycles. The monoisotopic (exact) mass is 498 g/mol. The molecule has 3 amide bonds. The second-order valence-electron chi connectivity index (χ2n) is 7.62. The van der Waals surface area contributed by atoms with Crippen molar-refractivity contribution in [3.05, 3.63) is 70.6 Å². The number of hydrogen-bond acceptors (Lipinski definition) is 4. The van der Waals surface area contributed by atoms with E-state index in [1.165, 1.54) is 17.0 Å². The molecule has 2 aromatic rings. The highest BCUT2D eigenvalue weighted by molar-refractivity contribution is 6.30. The molecule has 1 fully saturated rings. The molecular formula is C22H19ClF4N4O3.